The summed E-state index contributed by atoms with van der Waals surface area (Å²) in [7, 11) is 1.98. The average molecular weight is 283 g/mol. The lowest BCUT2D eigenvalue weighted by Gasteiger charge is -2.32. The number of amides is 1. The average Bonchev–Trinajstić information content (AvgIpc) is 3.15. The number of aromatic amines is 1. The summed E-state index contributed by atoms with van der Waals surface area (Å²) in [6.07, 6.45) is 7.30. The molecule has 6 heteroatoms. The van der Waals surface area contributed by atoms with E-state index in [2.05, 4.69) is 9.97 Å². The second-order valence-electron chi connectivity index (χ2n) is 5.40. The SMILES string of the molecule is Cn1ccnc1C1CCCN(C(=O)c2cc(C#N)c[nH]2)C1. The Morgan fingerprint density at radius 2 is 2.43 bits per heavy atom. The first-order chi connectivity index (χ1) is 10.2. The zero-order valence-corrected chi connectivity index (χ0v) is 11.9. The van der Waals surface area contributed by atoms with Crippen molar-refractivity contribution >= 4 is 5.91 Å². The number of nitrogens with zero attached hydrogens (tertiary/aromatic N) is 4. The lowest BCUT2D eigenvalue weighted by atomic mass is 9.97. The largest absolute Gasteiger partial charge is 0.356 e. The summed E-state index contributed by atoms with van der Waals surface area (Å²) in [6.45, 7) is 1.42. The van der Waals surface area contributed by atoms with Gasteiger partial charge in [0.1, 0.15) is 17.6 Å². The third-order valence-electron chi connectivity index (χ3n) is 3.97. The molecule has 0 aromatic carbocycles. The third kappa shape index (κ3) is 2.55. The number of aromatic nitrogens is 3. The van der Waals surface area contributed by atoms with Crippen molar-refractivity contribution in [3.63, 3.8) is 0 Å². The topological polar surface area (TPSA) is 77.7 Å². The number of hydrogen-bond donors (Lipinski definition) is 1. The Morgan fingerprint density at radius 3 is 3.10 bits per heavy atom. The molecule has 1 N–H and O–H groups in total. The van der Waals surface area contributed by atoms with Crippen molar-refractivity contribution in [2.75, 3.05) is 13.1 Å². The Kier molecular flexibility index (Phi) is 3.48. The van der Waals surface area contributed by atoms with Crippen LogP contribution in [0.3, 0.4) is 0 Å². The summed E-state index contributed by atoms with van der Waals surface area (Å²) < 4.78 is 2.01. The Hall–Kier alpha value is -2.55. The normalized spacial score (nSPS) is 18.5. The van der Waals surface area contributed by atoms with Crippen molar-refractivity contribution < 1.29 is 4.79 Å². The lowest BCUT2D eigenvalue weighted by Crippen LogP contribution is -2.39. The number of hydrogen-bond acceptors (Lipinski definition) is 3. The van der Waals surface area contributed by atoms with E-state index in [1.54, 1.807) is 18.5 Å². The van der Waals surface area contributed by atoms with E-state index in [1.165, 1.54) is 0 Å². The summed E-state index contributed by atoms with van der Waals surface area (Å²) in [4.78, 5) is 21.6. The molecule has 0 saturated carbocycles. The van der Waals surface area contributed by atoms with Crippen LogP contribution >= 0.6 is 0 Å². The van der Waals surface area contributed by atoms with Gasteiger partial charge in [0.25, 0.3) is 5.91 Å². The highest BCUT2D eigenvalue weighted by atomic mass is 16.2. The number of nitrogens with one attached hydrogen (secondary N) is 1. The first-order valence-corrected chi connectivity index (χ1v) is 7.04. The fourth-order valence-electron chi connectivity index (χ4n) is 2.90. The van der Waals surface area contributed by atoms with Crippen LogP contribution in [-0.2, 0) is 7.05 Å². The standard InChI is InChI=1S/C15H17N5O/c1-19-6-4-17-14(19)12-3-2-5-20(10-12)15(21)13-7-11(8-16)9-18-13/h4,6-7,9,12,18H,2-3,5,10H2,1H3. The van der Waals surface area contributed by atoms with Crippen LogP contribution in [-0.4, -0.2) is 38.4 Å². The number of likely N-dealkylation sites (tertiary alicyclic amines) is 1. The molecule has 0 radical (unpaired) electrons. The molecule has 1 amide bonds. The zero-order chi connectivity index (χ0) is 14.8. The number of carbonyl (C=O) groups is 1. The Bertz CT molecular complexity index is 693. The molecule has 2 aromatic heterocycles. The predicted molar refractivity (Wildman–Crippen MR) is 76.6 cm³/mol. The maximum Gasteiger partial charge on any atom is 0.270 e. The van der Waals surface area contributed by atoms with Crippen molar-refractivity contribution in [2.24, 2.45) is 7.05 Å². The maximum atomic E-state index is 12.5. The molecule has 1 aliphatic rings. The van der Waals surface area contributed by atoms with E-state index in [1.807, 2.05) is 28.8 Å². The van der Waals surface area contributed by atoms with Gasteiger partial charge in [0, 0.05) is 44.6 Å². The summed E-state index contributed by atoms with van der Waals surface area (Å²) in [5.41, 5.74) is 0.961. The minimum Gasteiger partial charge on any atom is -0.356 e. The summed E-state index contributed by atoms with van der Waals surface area (Å²) in [5.74, 6) is 1.25. The van der Waals surface area contributed by atoms with Gasteiger partial charge in [-0.15, -0.1) is 0 Å². The van der Waals surface area contributed by atoms with Gasteiger partial charge in [0.05, 0.1) is 5.56 Å². The molecule has 2 aromatic rings. The second kappa shape index (κ2) is 5.44. The minimum atomic E-state index is -0.0459. The number of piperidine rings is 1. The highest BCUT2D eigenvalue weighted by molar-refractivity contribution is 5.93. The maximum absolute atomic E-state index is 12.5. The molecule has 1 aliphatic heterocycles. The van der Waals surface area contributed by atoms with Crippen molar-refractivity contribution in [3.8, 4) is 6.07 Å². The number of nitriles is 1. The van der Waals surface area contributed by atoms with E-state index in [9.17, 15) is 4.79 Å². The molecule has 108 valence electrons. The predicted octanol–water partition coefficient (Wildman–Crippen LogP) is 1.64. The Labute approximate surface area is 123 Å². The van der Waals surface area contributed by atoms with E-state index in [-0.39, 0.29) is 11.8 Å². The van der Waals surface area contributed by atoms with Gasteiger partial charge in [-0.25, -0.2) is 4.98 Å². The van der Waals surface area contributed by atoms with Gasteiger partial charge in [-0.3, -0.25) is 4.79 Å². The van der Waals surface area contributed by atoms with E-state index >= 15 is 0 Å². The Balaban J connectivity index is 1.75. The summed E-state index contributed by atoms with van der Waals surface area (Å²) >= 11 is 0. The van der Waals surface area contributed by atoms with E-state index in [4.69, 9.17) is 5.26 Å². The van der Waals surface area contributed by atoms with Crippen molar-refractivity contribution in [3.05, 3.63) is 41.7 Å². The summed E-state index contributed by atoms with van der Waals surface area (Å²) in [6, 6.07) is 3.63. The molecule has 0 spiro atoms. The molecule has 1 fully saturated rings. The van der Waals surface area contributed by atoms with Crippen LogP contribution in [0.5, 0.6) is 0 Å². The van der Waals surface area contributed by atoms with Gasteiger partial charge in [-0.05, 0) is 18.9 Å². The van der Waals surface area contributed by atoms with Crippen LogP contribution in [0.25, 0.3) is 0 Å². The smallest absolute Gasteiger partial charge is 0.270 e. The lowest BCUT2D eigenvalue weighted by molar-refractivity contribution is 0.0698. The minimum absolute atomic E-state index is 0.0459. The monoisotopic (exact) mass is 283 g/mol. The number of aryl methyl sites for hydroxylation is 1. The quantitative estimate of drug-likeness (QED) is 0.910. The van der Waals surface area contributed by atoms with Crippen LogP contribution < -0.4 is 0 Å². The molecule has 3 rings (SSSR count). The summed E-state index contributed by atoms with van der Waals surface area (Å²) in [5, 5.41) is 8.83. The van der Waals surface area contributed by atoms with Gasteiger partial charge in [0.2, 0.25) is 0 Å². The number of H-pyrrole nitrogens is 1. The van der Waals surface area contributed by atoms with E-state index in [0.29, 0.717) is 17.8 Å². The van der Waals surface area contributed by atoms with Gasteiger partial charge >= 0.3 is 0 Å². The van der Waals surface area contributed by atoms with Gasteiger partial charge in [0.15, 0.2) is 0 Å². The van der Waals surface area contributed by atoms with Crippen molar-refractivity contribution in [1.29, 1.82) is 5.26 Å². The molecule has 21 heavy (non-hydrogen) atoms. The number of rotatable bonds is 2. The van der Waals surface area contributed by atoms with Crippen molar-refractivity contribution in [1.82, 2.24) is 19.4 Å². The van der Waals surface area contributed by atoms with E-state index in [0.717, 1.165) is 25.2 Å². The van der Waals surface area contributed by atoms with Gasteiger partial charge < -0.3 is 14.5 Å². The number of imidazole rings is 1. The number of carbonyl (C=O) groups excluding carboxylic acids is 1. The fraction of sp³-hybridized carbons (Fsp3) is 0.400. The molecule has 6 nitrogen and oxygen atoms in total. The first kappa shape index (κ1) is 13.4. The molecular weight excluding hydrogens is 266 g/mol. The van der Waals surface area contributed by atoms with Crippen LogP contribution in [0.2, 0.25) is 0 Å². The first-order valence-electron chi connectivity index (χ1n) is 7.04. The molecule has 1 atom stereocenters. The van der Waals surface area contributed by atoms with Crippen LogP contribution in [0.1, 0.15) is 40.6 Å². The fourth-order valence-corrected chi connectivity index (χ4v) is 2.90. The second-order valence-corrected chi connectivity index (χ2v) is 5.40. The van der Waals surface area contributed by atoms with Crippen LogP contribution in [0.4, 0.5) is 0 Å². The third-order valence-corrected chi connectivity index (χ3v) is 3.97. The highest BCUT2D eigenvalue weighted by Crippen LogP contribution is 2.26. The molecule has 1 saturated heterocycles. The van der Waals surface area contributed by atoms with Crippen LogP contribution in [0.15, 0.2) is 24.7 Å². The molecule has 3 heterocycles. The van der Waals surface area contributed by atoms with E-state index < -0.39 is 0 Å². The highest BCUT2D eigenvalue weighted by Gasteiger charge is 2.28. The van der Waals surface area contributed by atoms with Gasteiger partial charge in [-0.2, -0.15) is 5.26 Å². The molecular formula is C15H17N5O. The van der Waals surface area contributed by atoms with Crippen molar-refractivity contribution in [2.45, 2.75) is 18.8 Å². The molecule has 0 bridgehead atoms. The molecule has 0 aliphatic carbocycles. The Morgan fingerprint density at radius 1 is 1.57 bits per heavy atom. The zero-order valence-electron chi connectivity index (χ0n) is 11.9. The van der Waals surface area contributed by atoms with Gasteiger partial charge in [-0.1, -0.05) is 0 Å². The molecule has 1 unspecified atom stereocenters. The van der Waals surface area contributed by atoms with Crippen LogP contribution in [0, 0.1) is 11.3 Å².